The number of aromatic nitrogens is 2. The highest BCUT2D eigenvalue weighted by Gasteiger charge is 2.15. The van der Waals surface area contributed by atoms with Crippen molar-refractivity contribution < 1.29 is 4.42 Å². The number of nitrogens with one attached hydrogen (secondary N) is 1. The van der Waals surface area contributed by atoms with E-state index in [4.69, 9.17) is 4.42 Å². The first kappa shape index (κ1) is 16.5. The number of aryl methyl sites for hydroxylation is 2. The lowest BCUT2D eigenvalue weighted by Crippen LogP contribution is -2.36. The monoisotopic (exact) mass is 293 g/mol. The molecule has 1 N–H and O–H groups in total. The number of nitrogens with zero attached hydrogens (tertiary/aromatic N) is 2. The van der Waals surface area contributed by atoms with Gasteiger partial charge in [0.15, 0.2) is 0 Å². The van der Waals surface area contributed by atoms with Gasteiger partial charge < -0.3 is 9.73 Å². The lowest BCUT2D eigenvalue weighted by molar-refractivity contribution is 0.325. The zero-order valence-electron chi connectivity index (χ0n) is 14.0. The van der Waals surface area contributed by atoms with Gasteiger partial charge in [-0.15, -0.1) is 10.2 Å². The van der Waals surface area contributed by atoms with Crippen LogP contribution >= 0.6 is 0 Å². The molecule has 0 aromatic carbocycles. The van der Waals surface area contributed by atoms with Gasteiger partial charge in [-0.2, -0.15) is 0 Å². The van der Waals surface area contributed by atoms with Crippen molar-refractivity contribution in [2.75, 3.05) is 6.54 Å². The van der Waals surface area contributed by atoms with Crippen molar-refractivity contribution in [2.24, 2.45) is 5.92 Å². The minimum atomic E-state index is 0.181. The molecule has 1 heterocycles. The third kappa shape index (κ3) is 6.60. The van der Waals surface area contributed by atoms with Crippen molar-refractivity contribution >= 4 is 0 Å². The zero-order chi connectivity index (χ0) is 15.1. The van der Waals surface area contributed by atoms with Crippen molar-refractivity contribution in [2.45, 2.75) is 84.1 Å². The second-order valence-corrected chi connectivity index (χ2v) is 7.41. The van der Waals surface area contributed by atoms with Crippen LogP contribution < -0.4 is 5.32 Å². The van der Waals surface area contributed by atoms with Gasteiger partial charge in [-0.25, -0.2) is 0 Å². The van der Waals surface area contributed by atoms with Crippen LogP contribution in [-0.4, -0.2) is 22.3 Å². The van der Waals surface area contributed by atoms with Crippen LogP contribution in [0, 0.1) is 5.92 Å². The first-order chi connectivity index (χ1) is 10.0. The quantitative estimate of drug-likeness (QED) is 0.775. The minimum Gasteiger partial charge on any atom is -0.425 e. The molecular formula is C17H31N3O. The Morgan fingerprint density at radius 3 is 2.38 bits per heavy atom. The SMILES string of the molecule is CC(C)(C)NCCCc1nnc(CCC2CCCCC2)o1. The van der Waals surface area contributed by atoms with Crippen molar-refractivity contribution in [1.29, 1.82) is 0 Å². The van der Waals surface area contributed by atoms with Gasteiger partial charge in [0.2, 0.25) is 11.8 Å². The average Bonchev–Trinajstić information content (AvgIpc) is 2.89. The highest BCUT2D eigenvalue weighted by molar-refractivity contribution is 4.84. The molecule has 4 heteroatoms. The normalized spacial score (nSPS) is 17.3. The minimum absolute atomic E-state index is 0.181. The molecule has 1 aliphatic carbocycles. The molecule has 0 radical (unpaired) electrons. The highest BCUT2D eigenvalue weighted by Crippen LogP contribution is 2.27. The van der Waals surface area contributed by atoms with Crippen LogP contribution in [0.1, 0.15) is 77.5 Å². The summed E-state index contributed by atoms with van der Waals surface area (Å²) < 4.78 is 5.76. The van der Waals surface area contributed by atoms with Crippen molar-refractivity contribution in [1.82, 2.24) is 15.5 Å². The van der Waals surface area contributed by atoms with E-state index in [1.165, 1.54) is 38.5 Å². The lowest BCUT2D eigenvalue weighted by atomic mass is 9.86. The molecule has 1 aromatic rings. The molecule has 1 aromatic heterocycles. The fourth-order valence-corrected chi connectivity index (χ4v) is 3.00. The van der Waals surface area contributed by atoms with E-state index < -0.39 is 0 Å². The molecule has 0 amide bonds. The summed E-state index contributed by atoms with van der Waals surface area (Å²) in [6.45, 7) is 7.54. The highest BCUT2D eigenvalue weighted by atomic mass is 16.4. The van der Waals surface area contributed by atoms with E-state index in [9.17, 15) is 0 Å². The maximum absolute atomic E-state index is 5.76. The topological polar surface area (TPSA) is 51.0 Å². The number of hydrogen-bond acceptors (Lipinski definition) is 4. The Balaban J connectivity index is 1.64. The van der Waals surface area contributed by atoms with Crippen LogP contribution in [0.2, 0.25) is 0 Å². The van der Waals surface area contributed by atoms with E-state index in [2.05, 4.69) is 36.3 Å². The van der Waals surface area contributed by atoms with Crippen molar-refractivity contribution in [3.63, 3.8) is 0 Å². The summed E-state index contributed by atoms with van der Waals surface area (Å²) in [7, 11) is 0. The van der Waals surface area contributed by atoms with Crippen LogP contribution in [0.25, 0.3) is 0 Å². The Labute approximate surface area is 129 Å². The molecule has 1 aliphatic rings. The summed E-state index contributed by atoms with van der Waals surface area (Å²) in [5.41, 5.74) is 0.181. The molecule has 1 fully saturated rings. The number of hydrogen-bond donors (Lipinski definition) is 1. The van der Waals surface area contributed by atoms with E-state index >= 15 is 0 Å². The van der Waals surface area contributed by atoms with Crippen molar-refractivity contribution in [3.8, 4) is 0 Å². The van der Waals surface area contributed by atoms with Crippen LogP contribution in [0.5, 0.6) is 0 Å². The van der Waals surface area contributed by atoms with Gasteiger partial charge in [-0.1, -0.05) is 32.1 Å². The Bertz CT molecular complexity index is 402. The van der Waals surface area contributed by atoms with E-state index in [0.717, 1.165) is 43.5 Å². The summed E-state index contributed by atoms with van der Waals surface area (Å²) in [5, 5.41) is 11.8. The third-order valence-corrected chi connectivity index (χ3v) is 4.22. The zero-order valence-corrected chi connectivity index (χ0v) is 14.0. The molecule has 0 aliphatic heterocycles. The first-order valence-electron chi connectivity index (χ1n) is 8.59. The summed E-state index contributed by atoms with van der Waals surface area (Å²) in [6, 6.07) is 0. The van der Waals surface area contributed by atoms with Gasteiger partial charge in [-0.05, 0) is 46.1 Å². The maximum atomic E-state index is 5.76. The summed E-state index contributed by atoms with van der Waals surface area (Å²) in [6.07, 6.45) is 11.1. The predicted molar refractivity (Wildman–Crippen MR) is 85.3 cm³/mol. The van der Waals surface area contributed by atoms with Gasteiger partial charge in [-0.3, -0.25) is 0 Å². The van der Waals surface area contributed by atoms with Gasteiger partial charge in [0.25, 0.3) is 0 Å². The number of rotatable bonds is 7. The Hall–Kier alpha value is -0.900. The maximum Gasteiger partial charge on any atom is 0.216 e. The van der Waals surface area contributed by atoms with Crippen LogP contribution in [0.4, 0.5) is 0 Å². The molecule has 0 atom stereocenters. The van der Waals surface area contributed by atoms with Crippen LogP contribution in [0.15, 0.2) is 4.42 Å². The van der Waals surface area contributed by atoms with Gasteiger partial charge in [0.1, 0.15) is 0 Å². The van der Waals surface area contributed by atoms with Crippen LogP contribution in [0.3, 0.4) is 0 Å². The summed E-state index contributed by atoms with van der Waals surface area (Å²) in [4.78, 5) is 0. The van der Waals surface area contributed by atoms with E-state index in [1.54, 1.807) is 0 Å². The Morgan fingerprint density at radius 2 is 1.71 bits per heavy atom. The van der Waals surface area contributed by atoms with E-state index in [-0.39, 0.29) is 5.54 Å². The first-order valence-corrected chi connectivity index (χ1v) is 8.59. The Morgan fingerprint density at radius 1 is 1.05 bits per heavy atom. The second-order valence-electron chi connectivity index (χ2n) is 7.41. The fraction of sp³-hybridized carbons (Fsp3) is 0.882. The molecule has 0 saturated heterocycles. The third-order valence-electron chi connectivity index (χ3n) is 4.22. The van der Waals surface area contributed by atoms with Gasteiger partial charge in [0.05, 0.1) is 0 Å². The van der Waals surface area contributed by atoms with E-state index in [0.29, 0.717) is 0 Å². The standard InChI is InChI=1S/C17H31N3O/c1-17(2,3)18-13-7-10-15-19-20-16(21-15)12-11-14-8-5-4-6-9-14/h14,18H,4-13H2,1-3H3. The van der Waals surface area contributed by atoms with E-state index in [1.807, 2.05) is 0 Å². The molecule has 0 bridgehead atoms. The molecule has 21 heavy (non-hydrogen) atoms. The van der Waals surface area contributed by atoms with Gasteiger partial charge in [0, 0.05) is 18.4 Å². The largest absolute Gasteiger partial charge is 0.425 e. The van der Waals surface area contributed by atoms with Crippen LogP contribution in [-0.2, 0) is 12.8 Å². The average molecular weight is 293 g/mol. The molecule has 0 unspecified atom stereocenters. The van der Waals surface area contributed by atoms with Gasteiger partial charge >= 0.3 is 0 Å². The molecule has 4 nitrogen and oxygen atoms in total. The smallest absolute Gasteiger partial charge is 0.216 e. The predicted octanol–water partition coefficient (Wildman–Crippen LogP) is 3.90. The molecule has 120 valence electrons. The lowest BCUT2D eigenvalue weighted by Gasteiger charge is -2.20. The molecule has 2 rings (SSSR count). The molecule has 0 spiro atoms. The second kappa shape index (κ2) is 7.92. The Kier molecular flexibility index (Phi) is 6.22. The summed E-state index contributed by atoms with van der Waals surface area (Å²) in [5.74, 6) is 2.51. The molecule has 1 saturated carbocycles. The molecular weight excluding hydrogens is 262 g/mol. The summed E-state index contributed by atoms with van der Waals surface area (Å²) >= 11 is 0. The van der Waals surface area contributed by atoms with Crippen molar-refractivity contribution in [3.05, 3.63) is 11.8 Å². The fourth-order valence-electron chi connectivity index (χ4n) is 3.00.